The molecular formula is C47H71N5O13. The molecule has 1 saturated carbocycles. The molecule has 0 spiro atoms. The summed E-state index contributed by atoms with van der Waals surface area (Å²) < 4.78 is 28.6. The molecule has 2 saturated heterocycles. The number of alkyl carbamates (subject to hydrolysis) is 1. The summed E-state index contributed by atoms with van der Waals surface area (Å²) in [6, 6.07) is 1.10. The number of likely N-dealkylation sites (N-methyl/N-ethyl adjacent to an activating group) is 1. The van der Waals surface area contributed by atoms with Gasteiger partial charge in [-0.3, -0.25) is 28.8 Å². The van der Waals surface area contributed by atoms with Gasteiger partial charge in [-0.25, -0.2) is 9.59 Å². The summed E-state index contributed by atoms with van der Waals surface area (Å²) in [5, 5.41) is 8.23. The van der Waals surface area contributed by atoms with Crippen LogP contribution in [0.2, 0.25) is 0 Å². The highest BCUT2D eigenvalue weighted by Crippen LogP contribution is 2.31. The smallest absolute Gasteiger partial charge is 0.408 e. The molecule has 18 heteroatoms. The highest BCUT2D eigenvalue weighted by Gasteiger charge is 2.46. The molecule has 65 heavy (non-hydrogen) atoms. The van der Waals surface area contributed by atoms with Crippen LogP contribution in [0.25, 0.3) is 0 Å². The summed E-state index contributed by atoms with van der Waals surface area (Å²) in [7, 11) is 4.33. The first-order valence-corrected chi connectivity index (χ1v) is 22.8. The predicted octanol–water partition coefficient (Wildman–Crippen LogP) is 3.50. The first-order valence-electron chi connectivity index (χ1n) is 22.8. The van der Waals surface area contributed by atoms with Crippen molar-refractivity contribution >= 4 is 47.4 Å². The second kappa shape index (κ2) is 22.8. The van der Waals surface area contributed by atoms with Crippen molar-refractivity contribution in [3.05, 3.63) is 29.8 Å². The van der Waals surface area contributed by atoms with Gasteiger partial charge in [0.25, 0.3) is 0 Å². The SMILES string of the molecule is COc1ccc(C[C@H]2C(=O)O[C@H](C)[C@H](NC(=O)OC(C)(C)C)C(=O)NC3CCC[C@H](C(=O)O[C@@H](C(C)C)C(=O)[C@H](C)C(=O)N[C@@H](CC(C)C)C(=O)N4CCC[C@H]4C(=O)N2C)[C@@H]3OC)cc1. The van der Waals surface area contributed by atoms with Crippen LogP contribution in [0.3, 0.4) is 0 Å². The minimum Gasteiger partial charge on any atom is -0.497 e. The summed E-state index contributed by atoms with van der Waals surface area (Å²) in [5.41, 5.74) is -0.326. The van der Waals surface area contributed by atoms with Gasteiger partial charge < -0.3 is 49.4 Å². The van der Waals surface area contributed by atoms with Gasteiger partial charge in [0.1, 0.15) is 41.6 Å². The van der Waals surface area contributed by atoms with Gasteiger partial charge in [0.2, 0.25) is 23.6 Å². The lowest BCUT2D eigenvalue weighted by Crippen LogP contribution is -2.60. The number of methoxy groups -OCH3 is 2. The number of benzene rings is 1. The Kier molecular flexibility index (Phi) is 18.3. The van der Waals surface area contributed by atoms with Crippen LogP contribution in [0.5, 0.6) is 5.75 Å². The van der Waals surface area contributed by atoms with E-state index in [2.05, 4.69) is 16.0 Å². The predicted molar refractivity (Wildman–Crippen MR) is 237 cm³/mol. The number of fused-ring (bicyclic) bond motifs is 3. The molecule has 18 nitrogen and oxygen atoms in total. The number of hydrogen-bond acceptors (Lipinski definition) is 13. The van der Waals surface area contributed by atoms with Crippen molar-refractivity contribution < 1.29 is 62.0 Å². The Hall–Kier alpha value is -5.26. The van der Waals surface area contributed by atoms with Crippen molar-refractivity contribution in [1.29, 1.82) is 0 Å². The minimum absolute atomic E-state index is 0.0424. The lowest BCUT2D eigenvalue weighted by molar-refractivity contribution is -0.170. The molecule has 10 atom stereocenters. The van der Waals surface area contributed by atoms with Crippen molar-refractivity contribution in [2.45, 2.75) is 161 Å². The number of nitrogens with zero attached hydrogens (tertiary/aromatic N) is 2. The normalized spacial score (nSPS) is 29.4. The highest BCUT2D eigenvalue weighted by atomic mass is 16.6. The maximum absolute atomic E-state index is 14.6. The van der Waals surface area contributed by atoms with E-state index < -0.39 is 119 Å². The number of esters is 2. The van der Waals surface area contributed by atoms with Gasteiger partial charge in [0.05, 0.1) is 31.1 Å². The maximum atomic E-state index is 14.6. The lowest BCUT2D eigenvalue weighted by atomic mass is 9.82. The van der Waals surface area contributed by atoms with E-state index in [-0.39, 0.29) is 31.7 Å². The number of cyclic esters (lactones) is 2. The third-order valence-electron chi connectivity index (χ3n) is 12.2. The van der Waals surface area contributed by atoms with Crippen LogP contribution < -0.4 is 20.7 Å². The second-order valence-electron chi connectivity index (χ2n) is 19.2. The number of amides is 5. The van der Waals surface area contributed by atoms with E-state index in [1.165, 1.54) is 44.9 Å². The van der Waals surface area contributed by atoms with Crippen LogP contribution in [0, 0.1) is 23.7 Å². The third-order valence-corrected chi connectivity index (χ3v) is 12.2. The molecule has 3 aliphatic rings. The van der Waals surface area contributed by atoms with Gasteiger partial charge in [0.15, 0.2) is 11.9 Å². The van der Waals surface area contributed by atoms with Crippen LogP contribution in [-0.2, 0) is 58.9 Å². The highest BCUT2D eigenvalue weighted by molar-refractivity contribution is 6.05. The minimum atomic E-state index is -1.54. The van der Waals surface area contributed by atoms with E-state index in [0.717, 1.165) is 0 Å². The Morgan fingerprint density at radius 2 is 1.52 bits per heavy atom. The monoisotopic (exact) mass is 914 g/mol. The molecule has 3 N–H and O–H groups in total. The van der Waals surface area contributed by atoms with Crippen LogP contribution in [0.15, 0.2) is 24.3 Å². The molecule has 1 aromatic carbocycles. The van der Waals surface area contributed by atoms with Crippen LogP contribution >= 0.6 is 0 Å². The summed E-state index contributed by atoms with van der Waals surface area (Å²) in [4.78, 5) is 116. The summed E-state index contributed by atoms with van der Waals surface area (Å²) >= 11 is 0. The summed E-state index contributed by atoms with van der Waals surface area (Å²) in [5.74, 6) is -7.28. The van der Waals surface area contributed by atoms with E-state index in [1.807, 2.05) is 13.8 Å². The Balaban J connectivity index is 1.83. The quantitative estimate of drug-likeness (QED) is 0.193. The van der Waals surface area contributed by atoms with Crippen LogP contribution in [0.1, 0.15) is 106 Å². The zero-order valence-electron chi connectivity index (χ0n) is 40.1. The number of carbonyl (C=O) groups excluding carboxylic acids is 8. The zero-order valence-corrected chi connectivity index (χ0v) is 40.1. The molecule has 0 aromatic heterocycles. The zero-order chi connectivity index (χ0) is 48.5. The molecule has 1 aromatic rings. The van der Waals surface area contributed by atoms with Crippen LogP contribution in [-0.4, -0.2) is 139 Å². The van der Waals surface area contributed by atoms with Gasteiger partial charge in [-0.05, 0) is 96.3 Å². The number of ketones is 1. The molecule has 1 unspecified atom stereocenters. The van der Waals surface area contributed by atoms with Crippen molar-refractivity contribution in [2.75, 3.05) is 27.8 Å². The fourth-order valence-electron chi connectivity index (χ4n) is 8.67. The Labute approximate surface area is 382 Å². The number of nitrogens with one attached hydrogen (secondary N) is 3. The molecule has 5 amide bonds. The molecule has 2 bridgehead atoms. The molecule has 0 radical (unpaired) electrons. The Bertz CT molecular complexity index is 1880. The lowest BCUT2D eigenvalue weighted by Gasteiger charge is -2.38. The number of ether oxygens (including phenoxy) is 5. The number of carbonyl (C=O) groups is 8. The van der Waals surface area contributed by atoms with E-state index >= 15 is 0 Å². The van der Waals surface area contributed by atoms with Gasteiger partial charge in [-0.2, -0.15) is 0 Å². The van der Waals surface area contributed by atoms with Gasteiger partial charge >= 0.3 is 18.0 Å². The molecular weight excluding hydrogens is 843 g/mol. The topological polar surface area (TPSA) is 225 Å². The van der Waals surface area contributed by atoms with Crippen LogP contribution in [0.4, 0.5) is 4.79 Å². The van der Waals surface area contributed by atoms with Crippen molar-refractivity contribution in [3.63, 3.8) is 0 Å². The average Bonchev–Trinajstić information content (AvgIpc) is 3.74. The number of hydrogen-bond donors (Lipinski definition) is 3. The summed E-state index contributed by atoms with van der Waals surface area (Å²) in [6.07, 6.45) is -2.64. The standard InChI is InChI=1S/C47H71N5O13/c1-25(2)23-33-42(56)52-22-14-17-34(52)43(57)51(10)35(24-29-18-20-30(61-11)21-19-29)45(59)63-28(6)36(50-46(60)65-47(7,8)9)41(55)48-32-16-13-15-31(39(32)62-12)44(58)64-38(26(3)4)37(53)27(5)40(54)49-33/h18-21,25-28,31-36,38-39H,13-17,22-24H2,1-12H3,(H,48,55)(H,49,54)(H,50,60)/t27-,28+,31-,32?,33-,34-,35-,36-,38-,39-/m0/s1. The van der Waals surface area contributed by atoms with Gasteiger partial charge in [0, 0.05) is 27.1 Å². The second-order valence-corrected chi connectivity index (χ2v) is 19.2. The first-order chi connectivity index (χ1) is 30.5. The Morgan fingerprint density at radius 3 is 2.11 bits per heavy atom. The van der Waals surface area contributed by atoms with E-state index in [4.69, 9.17) is 23.7 Å². The average molecular weight is 914 g/mol. The molecule has 2 aliphatic heterocycles. The molecule has 4 rings (SSSR count). The van der Waals surface area contributed by atoms with Crippen molar-refractivity contribution in [1.82, 2.24) is 25.8 Å². The molecule has 362 valence electrons. The van der Waals surface area contributed by atoms with E-state index in [1.54, 1.807) is 58.9 Å². The van der Waals surface area contributed by atoms with Crippen molar-refractivity contribution in [2.24, 2.45) is 23.7 Å². The van der Waals surface area contributed by atoms with Gasteiger partial charge in [-0.15, -0.1) is 0 Å². The fraction of sp³-hybridized carbons (Fsp3) is 0.702. The molecule has 3 fully saturated rings. The largest absolute Gasteiger partial charge is 0.497 e. The number of Topliss-reactive ketones (excluding diaryl/α,β-unsaturated/α-hetero) is 1. The fourth-order valence-corrected chi connectivity index (χ4v) is 8.67. The third kappa shape index (κ3) is 13.6. The van der Waals surface area contributed by atoms with Crippen molar-refractivity contribution in [3.8, 4) is 5.75 Å². The van der Waals surface area contributed by atoms with Gasteiger partial charge in [-0.1, -0.05) is 46.2 Å². The molecule has 2 heterocycles. The van der Waals surface area contributed by atoms with E-state index in [9.17, 15) is 38.4 Å². The maximum Gasteiger partial charge on any atom is 0.408 e. The van der Waals surface area contributed by atoms with E-state index in [0.29, 0.717) is 37.0 Å². The Morgan fingerprint density at radius 1 is 0.862 bits per heavy atom. The first kappa shape index (κ1) is 52.4. The summed E-state index contributed by atoms with van der Waals surface area (Å²) in [6.45, 7) is 15.1. The number of rotatable bonds is 8. The molecule has 1 aliphatic carbocycles.